The van der Waals surface area contributed by atoms with E-state index in [4.69, 9.17) is 0 Å². The van der Waals surface area contributed by atoms with E-state index in [-0.39, 0.29) is 27.8 Å². The molecule has 0 fully saturated rings. The van der Waals surface area contributed by atoms with Gasteiger partial charge >= 0.3 is 0 Å². The van der Waals surface area contributed by atoms with Crippen molar-refractivity contribution in [3.63, 3.8) is 0 Å². The summed E-state index contributed by atoms with van der Waals surface area (Å²) in [4.78, 5) is 23.2. The normalized spacial score (nSPS) is 12.2. The van der Waals surface area contributed by atoms with Gasteiger partial charge in [0.2, 0.25) is 0 Å². The van der Waals surface area contributed by atoms with Gasteiger partial charge in [0.1, 0.15) is 17.4 Å². The Bertz CT molecular complexity index is 1110. The van der Waals surface area contributed by atoms with Crippen LogP contribution in [0.1, 0.15) is 63.8 Å². The Hall–Kier alpha value is -3.66. The number of non-ortho nitro benzene ring substituents is 1. The summed E-state index contributed by atoms with van der Waals surface area (Å²) < 4.78 is 0. The second-order valence-electron chi connectivity index (χ2n) is 9.84. The van der Waals surface area contributed by atoms with E-state index in [1.165, 1.54) is 24.3 Å². The minimum absolute atomic E-state index is 0.0786. The van der Waals surface area contributed by atoms with Crippen LogP contribution in [0.25, 0.3) is 6.08 Å². The summed E-state index contributed by atoms with van der Waals surface area (Å²) in [6, 6.07) is 9.59. The average molecular weight is 436 g/mol. The Morgan fingerprint density at radius 2 is 1.62 bits per heavy atom. The zero-order valence-electron chi connectivity index (χ0n) is 19.5. The van der Waals surface area contributed by atoms with Gasteiger partial charge in [0.05, 0.1) is 4.92 Å². The number of nitrogens with zero attached hydrogens (tertiary/aromatic N) is 2. The lowest BCUT2D eigenvalue weighted by Crippen LogP contribution is -2.18. The molecule has 0 atom stereocenters. The first-order chi connectivity index (χ1) is 14.6. The summed E-state index contributed by atoms with van der Waals surface area (Å²) in [6.07, 6.45) is 1.49. The van der Waals surface area contributed by atoms with Crippen molar-refractivity contribution in [3.05, 3.63) is 68.3 Å². The number of rotatable bonds is 4. The summed E-state index contributed by atoms with van der Waals surface area (Å²) in [5.41, 5.74) is 2.08. The highest BCUT2D eigenvalue weighted by molar-refractivity contribution is 6.10. The number of amides is 1. The standard InChI is InChI=1S/C25H29N3O4/c1-15-10-18(28(31)32)8-9-21(15)27-23(30)17(14-26)11-16-12-19(24(2,3)4)22(29)20(13-16)25(5,6)7/h8-13,29H,1-7H3,(H,27,30)/b17-11+. The van der Waals surface area contributed by atoms with Crippen molar-refractivity contribution >= 4 is 23.4 Å². The van der Waals surface area contributed by atoms with Gasteiger partial charge in [0.15, 0.2) is 0 Å². The molecule has 2 aromatic rings. The second-order valence-corrected chi connectivity index (χ2v) is 9.84. The fourth-order valence-electron chi connectivity index (χ4n) is 3.29. The number of benzene rings is 2. The van der Waals surface area contributed by atoms with Crippen LogP contribution in [0.15, 0.2) is 35.9 Å². The molecule has 0 unspecified atom stereocenters. The highest BCUT2D eigenvalue weighted by atomic mass is 16.6. The van der Waals surface area contributed by atoms with E-state index in [1.807, 2.05) is 47.6 Å². The van der Waals surface area contributed by atoms with Crippen LogP contribution in [0.3, 0.4) is 0 Å². The van der Waals surface area contributed by atoms with Gasteiger partial charge in [-0.1, -0.05) is 41.5 Å². The SMILES string of the molecule is Cc1cc([N+](=O)[O-])ccc1NC(=O)/C(C#N)=C/c1cc(C(C)(C)C)c(O)c(C(C)(C)C)c1. The number of nitro groups is 1. The number of aromatic hydroxyl groups is 1. The lowest BCUT2D eigenvalue weighted by atomic mass is 9.78. The molecule has 0 aliphatic heterocycles. The first kappa shape index (κ1) is 24.6. The van der Waals surface area contributed by atoms with Gasteiger partial charge in [-0.3, -0.25) is 14.9 Å². The minimum Gasteiger partial charge on any atom is -0.507 e. The highest BCUT2D eigenvalue weighted by Gasteiger charge is 2.26. The van der Waals surface area contributed by atoms with Crippen molar-refractivity contribution in [1.82, 2.24) is 0 Å². The lowest BCUT2D eigenvalue weighted by molar-refractivity contribution is -0.384. The summed E-state index contributed by atoms with van der Waals surface area (Å²) in [5, 5.41) is 34.0. The predicted molar refractivity (Wildman–Crippen MR) is 126 cm³/mol. The maximum atomic E-state index is 12.8. The van der Waals surface area contributed by atoms with Crippen LogP contribution in [0.2, 0.25) is 0 Å². The van der Waals surface area contributed by atoms with Crippen LogP contribution in [0.5, 0.6) is 5.75 Å². The van der Waals surface area contributed by atoms with E-state index < -0.39 is 10.8 Å². The van der Waals surface area contributed by atoms with E-state index in [9.17, 15) is 25.3 Å². The van der Waals surface area contributed by atoms with Gasteiger partial charge in [-0.05, 0) is 53.2 Å². The van der Waals surface area contributed by atoms with Crippen molar-refractivity contribution < 1.29 is 14.8 Å². The Morgan fingerprint density at radius 1 is 1.09 bits per heavy atom. The van der Waals surface area contributed by atoms with Gasteiger partial charge in [0, 0.05) is 28.9 Å². The number of hydrogen-bond acceptors (Lipinski definition) is 5. The Morgan fingerprint density at radius 3 is 2.03 bits per heavy atom. The third-order valence-electron chi connectivity index (χ3n) is 5.09. The number of anilines is 1. The molecular formula is C25H29N3O4. The van der Waals surface area contributed by atoms with Crippen molar-refractivity contribution in [1.29, 1.82) is 5.26 Å². The van der Waals surface area contributed by atoms with E-state index in [0.29, 0.717) is 16.8 Å². The molecule has 0 aliphatic carbocycles. The second kappa shape index (κ2) is 8.83. The molecule has 7 heteroatoms. The summed E-state index contributed by atoms with van der Waals surface area (Å²) in [6.45, 7) is 13.5. The fourth-order valence-corrected chi connectivity index (χ4v) is 3.29. The molecular weight excluding hydrogens is 406 g/mol. The van der Waals surface area contributed by atoms with Gasteiger partial charge in [-0.25, -0.2) is 0 Å². The molecule has 0 aliphatic rings. The van der Waals surface area contributed by atoms with Gasteiger partial charge in [-0.2, -0.15) is 5.26 Å². The van der Waals surface area contributed by atoms with Crippen LogP contribution in [-0.2, 0) is 15.6 Å². The van der Waals surface area contributed by atoms with Gasteiger partial charge in [0.25, 0.3) is 11.6 Å². The number of carbonyl (C=O) groups excluding carboxylic acids is 1. The Balaban J connectivity index is 2.50. The number of nitriles is 1. The van der Waals surface area contributed by atoms with E-state index in [1.54, 1.807) is 19.1 Å². The van der Waals surface area contributed by atoms with Crippen LogP contribution in [0, 0.1) is 28.4 Å². The quantitative estimate of drug-likeness (QED) is 0.274. The molecule has 168 valence electrons. The molecule has 1 amide bonds. The van der Waals surface area contributed by atoms with Crippen molar-refractivity contribution in [2.75, 3.05) is 5.32 Å². The maximum absolute atomic E-state index is 12.8. The predicted octanol–water partition coefficient (Wildman–Crippen LogP) is 5.75. The fraction of sp³-hybridized carbons (Fsp3) is 0.360. The molecule has 0 saturated carbocycles. The minimum atomic E-state index is -0.618. The summed E-state index contributed by atoms with van der Waals surface area (Å²) in [7, 11) is 0. The third kappa shape index (κ3) is 5.52. The largest absolute Gasteiger partial charge is 0.507 e. The Kier molecular flexibility index (Phi) is 6.79. The molecule has 0 radical (unpaired) electrons. The molecule has 2 aromatic carbocycles. The van der Waals surface area contributed by atoms with Crippen LogP contribution in [-0.4, -0.2) is 15.9 Å². The zero-order chi connectivity index (χ0) is 24.4. The maximum Gasteiger partial charge on any atom is 0.269 e. The first-order valence-electron chi connectivity index (χ1n) is 10.2. The molecule has 0 spiro atoms. The van der Waals surface area contributed by atoms with Gasteiger partial charge in [-0.15, -0.1) is 0 Å². The summed E-state index contributed by atoms with van der Waals surface area (Å²) in [5.74, 6) is -0.404. The average Bonchev–Trinajstić information content (AvgIpc) is 2.66. The first-order valence-corrected chi connectivity index (χ1v) is 10.2. The molecule has 2 rings (SSSR count). The molecule has 0 saturated heterocycles. The number of nitrogens with one attached hydrogen (secondary N) is 1. The molecule has 0 bridgehead atoms. The van der Waals surface area contributed by atoms with E-state index in [0.717, 1.165) is 11.1 Å². The monoisotopic (exact) mass is 435 g/mol. The number of phenolic OH excluding ortho intramolecular Hbond substituents is 1. The summed E-state index contributed by atoms with van der Waals surface area (Å²) >= 11 is 0. The van der Waals surface area contributed by atoms with Crippen LogP contribution >= 0.6 is 0 Å². The number of carbonyl (C=O) groups is 1. The molecule has 0 heterocycles. The smallest absolute Gasteiger partial charge is 0.269 e. The van der Waals surface area contributed by atoms with Crippen molar-refractivity contribution in [2.45, 2.75) is 59.3 Å². The lowest BCUT2D eigenvalue weighted by Gasteiger charge is -2.28. The Labute approximate surface area is 188 Å². The molecule has 0 aromatic heterocycles. The number of phenols is 1. The highest BCUT2D eigenvalue weighted by Crippen LogP contribution is 2.40. The third-order valence-corrected chi connectivity index (χ3v) is 5.09. The number of aryl methyl sites for hydroxylation is 1. The number of nitro benzene ring substituents is 1. The van der Waals surface area contributed by atoms with E-state index >= 15 is 0 Å². The van der Waals surface area contributed by atoms with Gasteiger partial charge < -0.3 is 10.4 Å². The molecule has 2 N–H and O–H groups in total. The van der Waals surface area contributed by atoms with Crippen LogP contribution in [0.4, 0.5) is 11.4 Å². The molecule has 7 nitrogen and oxygen atoms in total. The topological polar surface area (TPSA) is 116 Å². The molecule has 32 heavy (non-hydrogen) atoms. The van der Waals surface area contributed by atoms with Crippen molar-refractivity contribution in [2.24, 2.45) is 0 Å². The number of hydrogen-bond donors (Lipinski definition) is 2. The van der Waals surface area contributed by atoms with Crippen molar-refractivity contribution in [3.8, 4) is 11.8 Å². The zero-order valence-corrected chi connectivity index (χ0v) is 19.5. The van der Waals surface area contributed by atoms with Crippen LogP contribution < -0.4 is 5.32 Å². The van der Waals surface area contributed by atoms with E-state index in [2.05, 4.69) is 5.32 Å².